The average molecular weight is 438 g/mol. The number of aromatic nitrogens is 1. The number of thiazole rings is 1. The number of amides is 1. The lowest BCUT2D eigenvalue weighted by atomic mass is 10.1. The number of hydrogen-bond donors (Lipinski definition) is 1. The van der Waals surface area contributed by atoms with E-state index < -0.39 is 10.9 Å². The summed E-state index contributed by atoms with van der Waals surface area (Å²) < 4.78 is 6.12. The number of anilines is 1. The Hall–Kier alpha value is -2.50. The van der Waals surface area contributed by atoms with Crippen LogP contribution in [0.1, 0.15) is 20.8 Å². The molecule has 28 heavy (non-hydrogen) atoms. The Bertz CT molecular complexity index is 1090. The van der Waals surface area contributed by atoms with Crippen molar-refractivity contribution in [2.75, 3.05) is 18.2 Å². The minimum absolute atomic E-state index is 0.00391. The molecule has 2 heterocycles. The molecule has 0 aliphatic heterocycles. The van der Waals surface area contributed by atoms with Crippen LogP contribution in [0.3, 0.4) is 0 Å². The molecule has 8 nitrogen and oxygen atoms in total. The van der Waals surface area contributed by atoms with Gasteiger partial charge in [0.15, 0.2) is 4.34 Å². The molecule has 0 fully saturated rings. The molecule has 0 aliphatic carbocycles. The highest BCUT2D eigenvalue weighted by Gasteiger charge is 2.21. The lowest BCUT2D eigenvalue weighted by Gasteiger charge is -2.05. The second-order valence-electron chi connectivity index (χ2n) is 5.70. The van der Waals surface area contributed by atoms with Crippen LogP contribution in [0.4, 0.5) is 10.7 Å². The number of nitrogens with zero attached hydrogens (tertiary/aromatic N) is 2. The van der Waals surface area contributed by atoms with Gasteiger partial charge in [0.25, 0.3) is 5.69 Å². The van der Waals surface area contributed by atoms with Gasteiger partial charge in [0.2, 0.25) is 5.91 Å². The molecule has 0 unspecified atom stereocenters. The molecule has 0 bridgehead atoms. The van der Waals surface area contributed by atoms with E-state index >= 15 is 0 Å². The number of thiophene rings is 1. The number of non-ortho nitro benzene ring substituents is 1. The Morgan fingerprint density at radius 3 is 2.75 bits per heavy atom. The summed E-state index contributed by atoms with van der Waals surface area (Å²) in [5.74, 6) is -0.669. The summed E-state index contributed by atoms with van der Waals surface area (Å²) in [5, 5.41) is 14.1. The third-order valence-corrected chi connectivity index (χ3v) is 7.20. The van der Waals surface area contributed by atoms with Gasteiger partial charge in [0.1, 0.15) is 5.00 Å². The van der Waals surface area contributed by atoms with E-state index in [1.807, 2.05) is 13.8 Å². The van der Waals surface area contributed by atoms with Crippen molar-refractivity contribution in [3.05, 3.63) is 44.3 Å². The molecule has 2 aromatic heterocycles. The summed E-state index contributed by atoms with van der Waals surface area (Å²) in [6.45, 7) is 3.68. The second-order valence-corrected chi connectivity index (χ2v) is 9.18. The van der Waals surface area contributed by atoms with Crippen molar-refractivity contribution in [1.82, 2.24) is 4.98 Å². The molecular formula is C17H15N3O5S3. The van der Waals surface area contributed by atoms with Crippen LogP contribution < -0.4 is 5.32 Å². The topological polar surface area (TPSA) is 111 Å². The van der Waals surface area contributed by atoms with E-state index in [1.54, 1.807) is 6.07 Å². The number of nitro groups is 1. The normalized spacial score (nSPS) is 10.8. The predicted molar refractivity (Wildman–Crippen MR) is 111 cm³/mol. The SMILES string of the molecule is COC(=O)c1c(NC(=O)CSc2nc3ccc([N+](=O)[O-])cc3s2)sc(C)c1C. The Morgan fingerprint density at radius 1 is 1.32 bits per heavy atom. The van der Waals surface area contributed by atoms with Crippen LogP contribution in [-0.2, 0) is 9.53 Å². The predicted octanol–water partition coefficient (Wildman–Crippen LogP) is 4.40. The fourth-order valence-corrected chi connectivity index (χ4v) is 5.39. The summed E-state index contributed by atoms with van der Waals surface area (Å²) in [5.41, 5.74) is 1.81. The summed E-state index contributed by atoms with van der Waals surface area (Å²) >= 11 is 3.85. The number of aryl methyl sites for hydroxylation is 1. The van der Waals surface area contributed by atoms with E-state index in [2.05, 4.69) is 10.3 Å². The number of esters is 1. The number of nitrogens with one attached hydrogen (secondary N) is 1. The van der Waals surface area contributed by atoms with E-state index in [-0.39, 0.29) is 17.3 Å². The van der Waals surface area contributed by atoms with Gasteiger partial charge in [-0.3, -0.25) is 14.9 Å². The smallest absolute Gasteiger partial charge is 0.341 e. The fourth-order valence-electron chi connectivity index (χ4n) is 2.42. The highest BCUT2D eigenvalue weighted by molar-refractivity contribution is 8.01. The summed E-state index contributed by atoms with van der Waals surface area (Å²) in [4.78, 5) is 40.0. The average Bonchev–Trinajstić information content (AvgIpc) is 3.19. The summed E-state index contributed by atoms with van der Waals surface area (Å²) in [6.07, 6.45) is 0. The van der Waals surface area contributed by atoms with Gasteiger partial charge in [-0.25, -0.2) is 9.78 Å². The van der Waals surface area contributed by atoms with Crippen molar-refractivity contribution >= 4 is 67.2 Å². The molecule has 0 saturated carbocycles. The first-order valence-corrected chi connectivity index (χ1v) is 10.6. The van der Waals surface area contributed by atoms with Crippen LogP contribution in [-0.4, -0.2) is 34.6 Å². The molecular weight excluding hydrogens is 422 g/mol. The molecule has 0 atom stereocenters. The summed E-state index contributed by atoms with van der Waals surface area (Å²) in [6, 6.07) is 4.46. The van der Waals surface area contributed by atoms with Crippen molar-refractivity contribution < 1.29 is 19.2 Å². The summed E-state index contributed by atoms with van der Waals surface area (Å²) in [7, 11) is 1.30. The Labute approximate surface area is 172 Å². The number of benzene rings is 1. The van der Waals surface area contributed by atoms with Crippen LogP contribution in [0.25, 0.3) is 10.2 Å². The molecule has 0 saturated heterocycles. The van der Waals surface area contributed by atoms with Crippen LogP contribution in [0, 0.1) is 24.0 Å². The number of methoxy groups -OCH3 is 1. The van der Waals surface area contributed by atoms with E-state index in [9.17, 15) is 19.7 Å². The molecule has 3 aromatic rings. The zero-order chi connectivity index (χ0) is 20.4. The van der Waals surface area contributed by atoms with Crippen LogP contribution >= 0.6 is 34.4 Å². The highest BCUT2D eigenvalue weighted by atomic mass is 32.2. The van der Waals surface area contributed by atoms with Crippen LogP contribution in [0.2, 0.25) is 0 Å². The largest absolute Gasteiger partial charge is 0.465 e. The number of carbonyl (C=O) groups is 2. The van der Waals surface area contributed by atoms with E-state index in [0.29, 0.717) is 25.1 Å². The van der Waals surface area contributed by atoms with Gasteiger partial charge >= 0.3 is 5.97 Å². The van der Waals surface area contributed by atoms with E-state index in [4.69, 9.17) is 4.74 Å². The number of ether oxygens (including phenoxy) is 1. The molecule has 1 N–H and O–H groups in total. The van der Waals surface area contributed by atoms with Gasteiger partial charge in [-0.05, 0) is 25.5 Å². The van der Waals surface area contributed by atoms with Crippen LogP contribution in [0.15, 0.2) is 22.5 Å². The van der Waals surface area contributed by atoms with Gasteiger partial charge < -0.3 is 10.1 Å². The lowest BCUT2D eigenvalue weighted by Crippen LogP contribution is -2.16. The van der Waals surface area contributed by atoms with Crippen molar-refractivity contribution in [3.63, 3.8) is 0 Å². The minimum Gasteiger partial charge on any atom is -0.465 e. The molecule has 1 aromatic carbocycles. The van der Waals surface area contributed by atoms with Crippen molar-refractivity contribution in [2.24, 2.45) is 0 Å². The maximum absolute atomic E-state index is 12.3. The zero-order valence-corrected chi connectivity index (χ0v) is 17.5. The Balaban J connectivity index is 1.70. The molecule has 0 spiro atoms. The minimum atomic E-state index is -0.488. The maximum atomic E-state index is 12.3. The molecule has 0 aliphatic rings. The molecule has 146 valence electrons. The zero-order valence-electron chi connectivity index (χ0n) is 15.1. The van der Waals surface area contributed by atoms with Gasteiger partial charge in [-0.2, -0.15) is 0 Å². The quantitative estimate of drug-likeness (QED) is 0.263. The number of fused-ring (bicyclic) bond motifs is 1. The third kappa shape index (κ3) is 4.16. The van der Waals surface area contributed by atoms with Crippen molar-refractivity contribution in [3.8, 4) is 0 Å². The number of carbonyl (C=O) groups excluding carboxylic acids is 2. The monoisotopic (exact) mass is 437 g/mol. The molecule has 11 heteroatoms. The third-order valence-electron chi connectivity index (χ3n) is 3.92. The first kappa shape index (κ1) is 20.2. The fraction of sp³-hybridized carbons (Fsp3) is 0.235. The second kappa shape index (κ2) is 8.25. The van der Waals surface area contributed by atoms with E-state index in [0.717, 1.165) is 10.4 Å². The maximum Gasteiger partial charge on any atom is 0.341 e. The molecule has 0 radical (unpaired) electrons. The van der Waals surface area contributed by atoms with Gasteiger partial charge in [0.05, 0.1) is 33.6 Å². The number of nitro benzene ring substituents is 1. The lowest BCUT2D eigenvalue weighted by molar-refractivity contribution is -0.384. The Morgan fingerprint density at radius 2 is 2.07 bits per heavy atom. The number of rotatable bonds is 6. The molecule has 3 rings (SSSR count). The van der Waals surface area contributed by atoms with Crippen molar-refractivity contribution in [1.29, 1.82) is 0 Å². The highest BCUT2D eigenvalue weighted by Crippen LogP contribution is 2.34. The van der Waals surface area contributed by atoms with Gasteiger partial charge in [0, 0.05) is 17.0 Å². The standard InChI is InChI=1S/C17H15N3O5S3/c1-8-9(2)27-15(14(8)16(22)25-3)19-13(21)7-26-17-18-11-5-4-10(20(23)24)6-12(11)28-17/h4-6H,7H2,1-3H3,(H,19,21). The van der Waals surface area contributed by atoms with Crippen LogP contribution in [0.5, 0.6) is 0 Å². The van der Waals surface area contributed by atoms with Gasteiger partial charge in [-0.15, -0.1) is 22.7 Å². The number of hydrogen-bond acceptors (Lipinski definition) is 9. The van der Waals surface area contributed by atoms with E-state index in [1.165, 1.54) is 53.7 Å². The Kier molecular flexibility index (Phi) is 5.96. The van der Waals surface area contributed by atoms with Crippen molar-refractivity contribution in [2.45, 2.75) is 18.2 Å². The first-order valence-electron chi connectivity index (χ1n) is 7.96. The first-order chi connectivity index (χ1) is 13.3. The number of thioether (sulfide) groups is 1. The molecule has 1 amide bonds. The van der Waals surface area contributed by atoms with Gasteiger partial charge in [-0.1, -0.05) is 11.8 Å².